The molecule has 0 aliphatic heterocycles. The van der Waals surface area contributed by atoms with Crippen molar-refractivity contribution in [3.63, 3.8) is 0 Å². The summed E-state index contributed by atoms with van der Waals surface area (Å²) in [5.41, 5.74) is 1.08. The minimum atomic E-state index is 0.596. The van der Waals surface area contributed by atoms with Crippen molar-refractivity contribution in [2.75, 3.05) is 0 Å². The molecular formula is C24H49N. The zero-order valence-electron chi connectivity index (χ0n) is 18.0. The van der Waals surface area contributed by atoms with Crippen molar-refractivity contribution in [1.82, 2.24) is 0 Å². The maximum Gasteiger partial charge on any atom is 0.0120 e. The molecule has 0 fully saturated rings. The van der Waals surface area contributed by atoms with Crippen LogP contribution in [0.5, 0.6) is 0 Å². The van der Waals surface area contributed by atoms with Crippen LogP contribution in [0.2, 0.25) is 0 Å². The number of nitrogens with one attached hydrogen (secondary N) is 1. The molecule has 25 heavy (non-hydrogen) atoms. The molecule has 0 saturated carbocycles. The van der Waals surface area contributed by atoms with Gasteiger partial charge >= 0.3 is 0 Å². The van der Waals surface area contributed by atoms with Gasteiger partial charge in [-0.25, -0.2) is 0 Å². The van der Waals surface area contributed by atoms with Crippen molar-refractivity contribution in [3.8, 4) is 0 Å². The fourth-order valence-corrected chi connectivity index (χ4v) is 3.78. The molecule has 0 aliphatic rings. The van der Waals surface area contributed by atoms with Crippen LogP contribution >= 0.6 is 0 Å². The lowest BCUT2D eigenvalue weighted by Crippen LogP contribution is -2.14. The van der Waals surface area contributed by atoms with Gasteiger partial charge in [0.1, 0.15) is 0 Å². The second-order valence-corrected chi connectivity index (χ2v) is 8.15. The quantitative estimate of drug-likeness (QED) is 0.167. The molecule has 0 heterocycles. The molecule has 0 radical (unpaired) electrons. The Bertz CT molecular complexity index is 271. The Kier molecular flexibility index (Phi) is 19.7. The third-order valence-corrected chi connectivity index (χ3v) is 5.60. The van der Waals surface area contributed by atoms with Crippen molar-refractivity contribution in [2.24, 2.45) is 5.92 Å². The van der Waals surface area contributed by atoms with Gasteiger partial charge in [-0.15, -0.1) is 0 Å². The summed E-state index contributed by atoms with van der Waals surface area (Å²) in [5, 5.41) is 8.59. The van der Waals surface area contributed by atoms with E-state index in [1.807, 2.05) is 0 Å². The molecule has 0 spiro atoms. The van der Waals surface area contributed by atoms with Gasteiger partial charge in [0.05, 0.1) is 0 Å². The van der Waals surface area contributed by atoms with Crippen molar-refractivity contribution in [2.45, 2.75) is 143 Å². The van der Waals surface area contributed by atoms with E-state index in [0.717, 1.165) is 12.1 Å². The van der Waals surface area contributed by atoms with Crippen LogP contribution in [0.15, 0.2) is 0 Å². The average Bonchev–Trinajstić information content (AvgIpc) is 2.62. The molecule has 1 N–H and O–H groups in total. The van der Waals surface area contributed by atoms with Crippen LogP contribution in [0, 0.1) is 11.3 Å². The average molecular weight is 352 g/mol. The number of rotatable bonds is 20. The fourth-order valence-electron chi connectivity index (χ4n) is 3.78. The lowest BCUT2D eigenvalue weighted by atomic mass is 9.88. The van der Waals surface area contributed by atoms with E-state index in [0.29, 0.717) is 5.92 Å². The second kappa shape index (κ2) is 20.0. The Hall–Kier alpha value is -0.330. The highest BCUT2D eigenvalue weighted by atomic mass is 14.4. The third-order valence-electron chi connectivity index (χ3n) is 5.60. The number of hydrogen-bond acceptors (Lipinski definition) is 1. The van der Waals surface area contributed by atoms with E-state index in [-0.39, 0.29) is 0 Å². The Labute approximate surface area is 160 Å². The normalized spacial score (nSPS) is 12.4. The Morgan fingerprint density at radius 3 is 1.36 bits per heavy atom. The standard InChI is InChI=1S/C24H49N/c1-4-7-10-13-15-18-21-23(20-17-12-9-6-3)24(25)22-19-16-14-11-8-5-2/h23,25H,4-22H2,1-3H3. The van der Waals surface area contributed by atoms with Gasteiger partial charge in [-0.3, -0.25) is 0 Å². The van der Waals surface area contributed by atoms with Gasteiger partial charge in [0.15, 0.2) is 0 Å². The molecule has 1 atom stereocenters. The summed E-state index contributed by atoms with van der Waals surface area (Å²) in [6.45, 7) is 6.85. The van der Waals surface area contributed by atoms with Crippen LogP contribution in [0.25, 0.3) is 0 Å². The SMILES string of the molecule is CCCCCCCCC(=N)C(CCCCCC)CCCCCCCC. The van der Waals surface area contributed by atoms with E-state index in [9.17, 15) is 0 Å². The van der Waals surface area contributed by atoms with E-state index in [1.165, 1.54) is 116 Å². The number of unbranched alkanes of at least 4 members (excludes halogenated alkanes) is 13. The van der Waals surface area contributed by atoms with E-state index in [2.05, 4.69) is 20.8 Å². The molecule has 0 aliphatic carbocycles. The van der Waals surface area contributed by atoms with Crippen LogP contribution in [-0.4, -0.2) is 5.71 Å². The first kappa shape index (κ1) is 24.7. The van der Waals surface area contributed by atoms with Crippen LogP contribution in [0.1, 0.15) is 143 Å². The smallest absolute Gasteiger partial charge is 0.0120 e. The van der Waals surface area contributed by atoms with E-state index >= 15 is 0 Å². The molecule has 0 aromatic heterocycles. The first-order valence-corrected chi connectivity index (χ1v) is 11.8. The van der Waals surface area contributed by atoms with Crippen LogP contribution in [-0.2, 0) is 0 Å². The lowest BCUT2D eigenvalue weighted by Gasteiger charge is -2.18. The molecular weight excluding hydrogens is 302 g/mol. The van der Waals surface area contributed by atoms with E-state index in [4.69, 9.17) is 5.41 Å². The minimum absolute atomic E-state index is 0.596. The van der Waals surface area contributed by atoms with Gasteiger partial charge in [0.2, 0.25) is 0 Å². The summed E-state index contributed by atoms with van der Waals surface area (Å²) in [6.07, 6.45) is 25.4. The summed E-state index contributed by atoms with van der Waals surface area (Å²) < 4.78 is 0. The van der Waals surface area contributed by atoms with Gasteiger partial charge in [-0.1, -0.05) is 117 Å². The summed E-state index contributed by atoms with van der Waals surface area (Å²) in [6, 6.07) is 0. The highest BCUT2D eigenvalue weighted by molar-refractivity contribution is 5.83. The molecule has 0 amide bonds. The molecule has 0 aromatic rings. The molecule has 0 bridgehead atoms. The van der Waals surface area contributed by atoms with Gasteiger partial charge in [-0.05, 0) is 31.6 Å². The van der Waals surface area contributed by atoms with Gasteiger partial charge < -0.3 is 5.41 Å². The zero-order chi connectivity index (χ0) is 18.6. The highest BCUT2D eigenvalue weighted by Gasteiger charge is 2.14. The van der Waals surface area contributed by atoms with Gasteiger partial charge in [0.25, 0.3) is 0 Å². The maximum absolute atomic E-state index is 8.59. The predicted molar refractivity (Wildman–Crippen MR) is 116 cm³/mol. The molecule has 150 valence electrons. The molecule has 1 nitrogen and oxygen atoms in total. The van der Waals surface area contributed by atoms with Gasteiger partial charge in [-0.2, -0.15) is 0 Å². The molecule has 0 rings (SSSR count). The Balaban J connectivity index is 3.97. The minimum Gasteiger partial charge on any atom is -0.309 e. The van der Waals surface area contributed by atoms with Crippen molar-refractivity contribution < 1.29 is 0 Å². The predicted octanol–water partition coefficient (Wildman–Crippen LogP) is 9.09. The number of hydrogen-bond donors (Lipinski definition) is 1. The van der Waals surface area contributed by atoms with Crippen molar-refractivity contribution in [1.29, 1.82) is 5.41 Å². The second-order valence-electron chi connectivity index (χ2n) is 8.15. The zero-order valence-corrected chi connectivity index (χ0v) is 18.0. The lowest BCUT2D eigenvalue weighted by molar-refractivity contribution is 0.480. The summed E-state index contributed by atoms with van der Waals surface area (Å²) in [7, 11) is 0. The van der Waals surface area contributed by atoms with Crippen LogP contribution < -0.4 is 0 Å². The van der Waals surface area contributed by atoms with E-state index < -0.39 is 0 Å². The highest BCUT2D eigenvalue weighted by Crippen LogP contribution is 2.22. The summed E-state index contributed by atoms with van der Waals surface area (Å²) in [4.78, 5) is 0. The third kappa shape index (κ3) is 16.9. The van der Waals surface area contributed by atoms with E-state index in [1.54, 1.807) is 0 Å². The molecule has 1 unspecified atom stereocenters. The summed E-state index contributed by atoms with van der Waals surface area (Å²) in [5.74, 6) is 0.596. The fraction of sp³-hybridized carbons (Fsp3) is 0.958. The maximum atomic E-state index is 8.59. The molecule has 0 aromatic carbocycles. The summed E-state index contributed by atoms with van der Waals surface area (Å²) >= 11 is 0. The Morgan fingerprint density at radius 1 is 0.520 bits per heavy atom. The van der Waals surface area contributed by atoms with Crippen molar-refractivity contribution >= 4 is 5.71 Å². The van der Waals surface area contributed by atoms with Gasteiger partial charge in [0, 0.05) is 5.71 Å². The van der Waals surface area contributed by atoms with Crippen molar-refractivity contribution in [3.05, 3.63) is 0 Å². The Morgan fingerprint density at radius 2 is 0.880 bits per heavy atom. The molecule has 1 heteroatoms. The topological polar surface area (TPSA) is 23.9 Å². The molecule has 0 saturated heterocycles. The first-order chi connectivity index (χ1) is 12.3. The largest absolute Gasteiger partial charge is 0.309 e. The van der Waals surface area contributed by atoms with Crippen LogP contribution in [0.4, 0.5) is 0 Å². The monoisotopic (exact) mass is 351 g/mol. The first-order valence-electron chi connectivity index (χ1n) is 11.8. The van der Waals surface area contributed by atoms with Crippen LogP contribution in [0.3, 0.4) is 0 Å².